The number of hydrogen-bond donors (Lipinski definition) is 2. The van der Waals surface area contributed by atoms with Gasteiger partial charge >= 0.3 is 0 Å². The lowest BCUT2D eigenvalue weighted by Gasteiger charge is -2.07. The fourth-order valence-corrected chi connectivity index (χ4v) is 3.47. The van der Waals surface area contributed by atoms with Crippen LogP contribution in [0.2, 0.25) is 0 Å². The van der Waals surface area contributed by atoms with Crippen LogP contribution >= 0.6 is 11.6 Å². The number of anilines is 1. The van der Waals surface area contributed by atoms with E-state index >= 15 is 0 Å². The van der Waals surface area contributed by atoms with Crippen molar-refractivity contribution in [3.63, 3.8) is 0 Å². The van der Waals surface area contributed by atoms with E-state index < -0.39 is 15.7 Å². The van der Waals surface area contributed by atoms with Crippen LogP contribution in [0.5, 0.6) is 0 Å². The topological polar surface area (TPSA) is 89.3 Å². The molecule has 3 N–H and O–H groups in total. The molecule has 1 aromatic carbocycles. The van der Waals surface area contributed by atoms with E-state index in [-0.39, 0.29) is 17.4 Å². The van der Waals surface area contributed by atoms with Gasteiger partial charge in [0.25, 0.3) is 0 Å². The number of amides is 1. The van der Waals surface area contributed by atoms with Crippen molar-refractivity contribution >= 4 is 33.0 Å². The summed E-state index contributed by atoms with van der Waals surface area (Å²) in [5.74, 6) is -0.146. The Kier molecular flexibility index (Phi) is 6.81. The van der Waals surface area contributed by atoms with Crippen molar-refractivity contribution in [2.75, 3.05) is 29.2 Å². The van der Waals surface area contributed by atoms with E-state index in [2.05, 4.69) is 5.32 Å². The second-order valence-corrected chi connectivity index (χ2v) is 7.10. The molecule has 5 nitrogen and oxygen atoms in total. The summed E-state index contributed by atoms with van der Waals surface area (Å²) in [6.45, 7) is 0.638. The lowest BCUT2D eigenvalue weighted by Crippen LogP contribution is -2.13. The number of carbonyl (C=O) groups is 1. The molecule has 1 aromatic rings. The van der Waals surface area contributed by atoms with Crippen molar-refractivity contribution in [2.45, 2.75) is 12.8 Å². The maximum Gasteiger partial charge on any atom is 0.248 e. The number of hydrogen-bond acceptors (Lipinski definition) is 4. The zero-order valence-corrected chi connectivity index (χ0v) is 12.7. The second kappa shape index (κ2) is 8.11. The Bertz CT molecular complexity index is 546. The van der Waals surface area contributed by atoms with E-state index in [1.54, 1.807) is 18.2 Å². The van der Waals surface area contributed by atoms with Gasteiger partial charge in [0.1, 0.15) is 0 Å². The van der Waals surface area contributed by atoms with Crippen LogP contribution in [-0.2, 0) is 9.84 Å². The smallest absolute Gasteiger partial charge is 0.248 e. The van der Waals surface area contributed by atoms with E-state index in [9.17, 15) is 13.2 Å². The summed E-state index contributed by atoms with van der Waals surface area (Å²) in [5.41, 5.74) is 6.43. The van der Waals surface area contributed by atoms with Gasteiger partial charge in [0.15, 0.2) is 9.84 Å². The fraction of sp³-hybridized carbons (Fsp3) is 0.462. The van der Waals surface area contributed by atoms with Gasteiger partial charge in [-0.2, -0.15) is 0 Å². The summed E-state index contributed by atoms with van der Waals surface area (Å²) in [4.78, 5) is 11.0. The molecule has 0 heterocycles. The van der Waals surface area contributed by atoms with Gasteiger partial charge in [-0.15, -0.1) is 11.6 Å². The van der Waals surface area contributed by atoms with Crippen molar-refractivity contribution in [3.8, 4) is 0 Å². The summed E-state index contributed by atoms with van der Waals surface area (Å²) in [6, 6.07) is 6.89. The van der Waals surface area contributed by atoms with Crippen molar-refractivity contribution in [1.29, 1.82) is 0 Å². The van der Waals surface area contributed by atoms with E-state index in [1.165, 1.54) is 0 Å². The Balaban J connectivity index is 2.31. The molecule has 0 saturated carbocycles. The number of carbonyl (C=O) groups excluding carboxylic acids is 1. The number of sulfone groups is 1. The van der Waals surface area contributed by atoms with Crippen LogP contribution in [0.15, 0.2) is 24.3 Å². The molecule has 0 aromatic heterocycles. The van der Waals surface area contributed by atoms with Gasteiger partial charge in [-0.3, -0.25) is 4.79 Å². The molecular weight excluding hydrogens is 300 g/mol. The molecule has 0 unspecified atom stereocenters. The molecule has 0 aliphatic carbocycles. The zero-order valence-electron chi connectivity index (χ0n) is 11.1. The van der Waals surface area contributed by atoms with Gasteiger partial charge in [0.05, 0.1) is 11.5 Å². The lowest BCUT2D eigenvalue weighted by atomic mass is 10.2. The molecule has 0 atom stereocenters. The third-order valence-electron chi connectivity index (χ3n) is 2.75. The van der Waals surface area contributed by atoms with Crippen molar-refractivity contribution in [3.05, 3.63) is 29.8 Å². The van der Waals surface area contributed by atoms with Crippen molar-refractivity contribution in [1.82, 2.24) is 0 Å². The first-order chi connectivity index (χ1) is 9.44. The van der Waals surface area contributed by atoms with Crippen LogP contribution in [0.1, 0.15) is 23.2 Å². The number of halogens is 1. The third-order valence-corrected chi connectivity index (χ3v) is 4.90. The summed E-state index contributed by atoms with van der Waals surface area (Å²) in [7, 11) is -3.02. The molecule has 20 heavy (non-hydrogen) atoms. The molecule has 0 aliphatic rings. The number of primary amides is 1. The number of unbranched alkanes of at least 4 members (excludes halogenated alkanes) is 1. The van der Waals surface area contributed by atoms with Gasteiger partial charge in [-0.05, 0) is 31.0 Å². The summed E-state index contributed by atoms with van der Waals surface area (Å²) >= 11 is 5.42. The predicted octanol–water partition coefficient (Wildman–Crippen LogP) is 1.63. The number of benzene rings is 1. The van der Waals surface area contributed by atoms with Crippen LogP contribution in [0.4, 0.5) is 5.69 Å². The van der Waals surface area contributed by atoms with E-state index in [4.69, 9.17) is 17.3 Å². The van der Waals surface area contributed by atoms with Gasteiger partial charge in [-0.1, -0.05) is 6.07 Å². The van der Waals surface area contributed by atoms with Gasteiger partial charge in [0.2, 0.25) is 5.91 Å². The molecule has 1 rings (SSSR count). The molecule has 0 radical (unpaired) electrons. The minimum Gasteiger partial charge on any atom is -0.385 e. The summed E-state index contributed by atoms with van der Waals surface area (Å²) in [5, 5.41) is 3.13. The Morgan fingerprint density at radius 1 is 1.25 bits per heavy atom. The number of nitrogens with two attached hydrogens (primary N) is 1. The highest BCUT2D eigenvalue weighted by atomic mass is 35.5. The Labute approximate surface area is 124 Å². The molecule has 0 fully saturated rings. The lowest BCUT2D eigenvalue weighted by molar-refractivity contribution is 0.100. The normalized spacial score (nSPS) is 11.2. The molecule has 0 saturated heterocycles. The average molecular weight is 319 g/mol. The van der Waals surface area contributed by atoms with Gasteiger partial charge in [-0.25, -0.2) is 8.42 Å². The predicted molar refractivity (Wildman–Crippen MR) is 82.1 cm³/mol. The van der Waals surface area contributed by atoms with E-state index in [0.717, 1.165) is 12.1 Å². The highest BCUT2D eigenvalue weighted by Crippen LogP contribution is 2.10. The van der Waals surface area contributed by atoms with Crippen LogP contribution in [-0.4, -0.2) is 38.3 Å². The number of rotatable bonds is 9. The highest BCUT2D eigenvalue weighted by molar-refractivity contribution is 7.91. The SMILES string of the molecule is NC(=O)c1cccc(NCCCCS(=O)(=O)CCCl)c1. The first-order valence-electron chi connectivity index (χ1n) is 6.35. The van der Waals surface area contributed by atoms with Crippen LogP contribution in [0.25, 0.3) is 0 Å². The van der Waals surface area contributed by atoms with Gasteiger partial charge < -0.3 is 11.1 Å². The minimum absolute atomic E-state index is 0.0304. The molecule has 0 aliphatic heterocycles. The maximum absolute atomic E-state index is 11.4. The van der Waals surface area contributed by atoms with Crippen molar-refractivity contribution in [2.24, 2.45) is 5.73 Å². The number of nitrogens with one attached hydrogen (secondary N) is 1. The van der Waals surface area contributed by atoms with Crippen LogP contribution in [0, 0.1) is 0 Å². The van der Waals surface area contributed by atoms with E-state index in [0.29, 0.717) is 18.5 Å². The molecule has 0 bridgehead atoms. The monoisotopic (exact) mass is 318 g/mol. The molecular formula is C13H19ClN2O3S. The standard InChI is InChI=1S/C13H19ClN2O3S/c14-6-9-20(18,19)8-2-1-7-16-12-5-3-4-11(10-12)13(15)17/h3-5,10,16H,1-2,6-9H2,(H2,15,17). The van der Waals surface area contributed by atoms with Crippen molar-refractivity contribution < 1.29 is 13.2 Å². The average Bonchev–Trinajstić information content (AvgIpc) is 2.38. The maximum atomic E-state index is 11.4. The van der Waals surface area contributed by atoms with Crippen LogP contribution in [0.3, 0.4) is 0 Å². The summed E-state index contributed by atoms with van der Waals surface area (Å²) in [6.07, 6.45) is 1.31. The fourth-order valence-electron chi connectivity index (χ4n) is 1.68. The summed E-state index contributed by atoms with van der Waals surface area (Å²) < 4.78 is 22.9. The zero-order chi connectivity index (χ0) is 15.0. The molecule has 7 heteroatoms. The first kappa shape index (κ1) is 16.8. The Morgan fingerprint density at radius 2 is 2.00 bits per heavy atom. The van der Waals surface area contributed by atoms with Crippen LogP contribution < -0.4 is 11.1 Å². The van der Waals surface area contributed by atoms with E-state index in [1.807, 2.05) is 6.07 Å². The van der Waals surface area contributed by atoms with Gasteiger partial charge in [0, 0.05) is 23.7 Å². The Hall–Kier alpha value is -1.27. The highest BCUT2D eigenvalue weighted by Gasteiger charge is 2.08. The quantitative estimate of drug-likeness (QED) is 0.535. The molecule has 0 spiro atoms. The number of alkyl halides is 1. The molecule has 112 valence electrons. The molecule has 1 amide bonds. The minimum atomic E-state index is -3.02. The second-order valence-electron chi connectivity index (χ2n) is 4.42. The largest absolute Gasteiger partial charge is 0.385 e. The first-order valence-corrected chi connectivity index (χ1v) is 8.70. The third kappa shape index (κ3) is 6.25. The Morgan fingerprint density at radius 3 is 2.65 bits per heavy atom.